The standard InChI is InChI=1S/C30H29NO3.ClH/c1-19-14-15-22(30(32)33)16-27(19)28-17-23(34-29-13-6-5-11-26(28)29)18-31-20(2)24-12-7-9-21-8-3-4-10-25(21)24;/h3-16,20,23,28,31H,17-18H2,1-2H3,(H,32,33);1H/t20-,23-,28-;/m1./s1. The van der Waals surface area contributed by atoms with Crippen LogP contribution in [-0.4, -0.2) is 23.7 Å². The van der Waals surface area contributed by atoms with Crippen LogP contribution in [-0.2, 0) is 0 Å². The summed E-state index contributed by atoms with van der Waals surface area (Å²) in [5.41, 5.74) is 4.87. The van der Waals surface area contributed by atoms with Crippen LogP contribution in [0.2, 0.25) is 0 Å². The molecule has 0 radical (unpaired) electrons. The van der Waals surface area contributed by atoms with E-state index in [2.05, 4.69) is 67.7 Å². The maximum absolute atomic E-state index is 11.6. The van der Waals surface area contributed by atoms with Crippen LogP contribution in [0, 0.1) is 6.92 Å². The number of benzene rings is 4. The van der Waals surface area contributed by atoms with Gasteiger partial charge in [0.15, 0.2) is 0 Å². The number of hydrogen-bond donors (Lipinski definition) is 2. The second kappa shape index (κ2) is 10.5. The lowest BCUT2D eigenvalue weighted by Crippen LogP contribution is -2.37. The van der Waals surface area contributed by atoms with Crippen molar-refractivity contribution in [2.24, 2.45) is 0 Å². The number of aryl methyl sites for hydroxylation is 1. The van der Waals surface area contributed by atoms with Crippen molar-refractivity contribution in [1.82, 2.24) is 5.32 Å². The quantitative estimate of drug-likeness (QED) is 0.310. The Kier molecular flexibility index (Phi) is 7.44. The molecule has 2 N–H and O–H groups in total. The molecule has 0 saturated carbocycles. The third-order valence-electron chi connectivity index (χ3n) is 6.93. The summed E-state index contributed by atoms with van der Waals surface area (Å²) >= 11 is 0. The SMILES string of the molecule is Cc1ccc(C(=O)O)cc1[C@@H]1C[C@H](CN[C@H](C)c2cccc3ccccc23)Oc2ccccc21.Cl. The molecule has 0 amide bonds. The van der Waals surface area contributed by atoms with Gasteiger partial charge in [-0.15, -0.1) is 12.4 Å². The number of rotatable bonds is 6. The van der Waals surface area contributed by atoms with Crippen LogP contribution in [0.5, 0.6) is 5.75 Å². The molecule has 4 nitrogen and oxygen atoms in total. The van der Waals surface area contributed by atoms with Crippen LogP contribution in [0.1, 0.15) is 57.9 Å². The van der Waals surface area contributed by atoms with Gasteiger partial charge in [0.05, 0.1) is 5.56 Å². The Hall–Kier alpha value is -3.34. The summed E-state index contributed by atoms with van der Waals surface area (Å²) in [5, 5.41) is 15.7. The number of nitrogens with one attached hydrogen (secondary N) is 1. The average molecular weight is 488 g/mol. The van der Waals surface area contributed by atoms with Gasteiger partial charge in [0.1, 0.15) is 11.9 Å². The van der Waals surface area contributed by atoms with E-state index in [1.807, 2.05) is 30.3 Å². The molecule has 0 spiro atoms. The Bertz CT molecular complexity index is 1350. The lowest BCUT2D eigenvalue weighted by atomic mass is 9.81. The Balaban J connectivity index is 0.00000289. The minimum absolute atomic E-state index is 0. The highest BCUT2D eigenvalue weighted by Gasteiger charge is 2.30. The molecule has 0 aromatic heterocycles. The summed E-state index contributed by atoms with van der Waals surface area (Å²) in [6.07, 6.45) is 0.765. The second-order valence-electron chi connectivity index (χ2n) is 9.14. The van der Waals surface area contributed by atoms with Gasteiger partial charge in [-0.05, 0) is 65.9 Å². The summed E-state index contributed by atoms with van der Waals surface area (Å²) in [6.45, 7) is 4.94. The van der Waals surface area contributed by atoms with Crippen molar-refractivity contribution in [3.63, 3.8) is 0 Å². The minimum Gasteiger partial charge on any atom is -0.489 e. The van der Waals surface area contributed by atoms with Crippen molar-refractivity contribution in [3.8, 4) is 5.75 Å². The van der Waals surface area contributed by atoms with E-state index in [1.165, 1.54) is 16.3 Å². The second-order valence-corrected chi connectivity index (χ2v) is 9.14. The molecule has 0 aliphatic carbocycles. The van der Waals surface area contributed by atoms with Crippen molar-refractivity contribution in [2.45, 2.75) is 38.3 Å². The molecule has 0 bridgehead atoms. The third-order valence-corrected chi connectivity index (χ3v) is 6.93. The molecule has 0 fully saturated rings. The number of fused-ring (bicyclic) bond motifs is 2. The number of carboxylic acids is 1. The first-order valence-electron chi connectivity index (χ1n) is 11.8. The highest BCUT2D eigenvalue weighted by molar-refractivity contribution is 5.88. The third kappa shape index (κ3) is 5.04. The number of carboxylic acid groups (broad SMARTS) is 1. The summed E-state index contributed by atoms with van der Waals surface area (Å²) in [7, 11) is 0. The lowest BCUT2D eigenvalue weighted by molar-refractivity contribution is 0.0696. The first kappa shape index (κ1) is 24.8. The van der Waals surface area contributed by atoms with Crippen molar-refractivity contribution < 1.29 is 14.6 Å². The Morgan fingerprint density at radius 3 is 2.57 bits per heavy atom. The lowest BCUT2D eigenvalue weighted by Gasteiger charge is -2.34. The van der Waals surface area contributed by atoms with Crippen molar-refractivity contribution in [1.29, 1.82) is 0 Å². The fourth-order valence-electron chi connectivity index (χ4n) is 5.11. The fraction of sp³-hybridized carbons (Fsp3) is 0.233. The van der Waals surface area contributed by atoms with Crippen LogP contribution in [0.4, 0.5) is 0 Å². The van der Waals surface area contributed by atoms with E-state index in [9.17, 15) is 9.90 Å². The van der Waals surface area contributed by atoms with Crippen molar-refractivity contribution in [2.75, 3.05) is 6.54 Å². The normalized spacial score (nSPS) is 17.7. The molecule has 35 heavy (non-hydrogen) atoms. The molecule has 4 aromatic rings. The Morgan fingerprint density at radius 2 is 1.74 bits per heavy atom. The van der Waals surface area contributed by atoms with Gasteiger partial charge >= 0.3 is 5.97 Å². The fourth-order valence-corrected chi connectivity index (χ4v) is 5.11. The van der Waals surface area contributed by atoms with Crippen LogP contribution in [0.25, 0.3) is 10.8 Å². The van der Waals surface area contributed by atoms with Gasteiger partial charge in [0.25, 0.3) is 0 Å². The maximum atomic E-state index is 11.6. The maximum Gasteiger partial charge on any atom is 0.335 e. The molecule has 1 aliphatic rings. The molecular weight excluding hydrogens is 458 g/mol. The van der Waals surface area contributed by atoms with E-state index in [0.29, 0.717) is 12.1 Å². The van der Waals surface area contributed by atoms with Gasteiger partial charge < -0.3 is 15.2 Å². The summed E-state index contributed by atoms with van der Waals surface area (Å²) in [6, 6.07) is 28.6. The number of ether oxygens (including phenoxy) is 1. The van der Waals surface area contributed by atoms with Gasteiger partial charge in [-0.2, -0.15) is 0 Å². The largest absolute Gasteiger partial charge is 0.489 e. The smallest absolute Gasteiger partial charge is 0.335 e. The predicted octanol–water partition coefficient (Wildman–Crippen LogP) is 6.90. The first-order chi connectivity index (χ1) is 16.5. The van der Waals surface area contributed by atoms with E-state index < -0.39 is 5.97 Å². The van der Waals surface area contributed by atoms with Crippen LogP contribution < -0.4 is 10.1 Å². The molecule has 0 saturated heterocycles. The zero-order valence-electron chi connectivity index (χ0n) is 19.9. The number of aromatic carboxylic acids is 1. The number of para-hydroxylation sites is 1. The molecular formula is C30H30ClNO3. The molecule has 3 atom stereocenters. The molecule has 0 unspecified atom stereocenters. The minimum atomic E-state index is -0.899. The average Bonchev–Trinajstić information content (AvgIpc) is 2.86. The van der Waals surface area contributed by atoms with Crippen LogP contribution in [0.3, 0.4) is 0 Å². The van der Waals surface area contributed by atoms with Gasteiger partial charge in [0, 0.05) is 24.1 Å². The van der Waals surface area contributed by atoms with E-state index in [4.69, 9.17) is 4.74 Å². The summed E-state index contributed by atoms with van der Waals surface area (Å²) in [5.74, 6) is 0.0659. The molecule has 4 aromatic carbocycles. The Labute approximate surface area is 212 Å². The van der Waals surface area contributed by atoms with Crippen LogP contribution >= 0.6 is 12.4 Å². The van der Waals surface area contributed by atoms with Gasteiger partial charge in [-0.25, -0.2) is 4.79 Å². The topological polar surface area (TPSA) is 58.6 Å². The van der Waals surface area contributed by atoms with E-state index >= 15 is 0 Å². The van der Waals surface area contributed by atoms with Crippen molar-refractivity contribution in [3.05, 3.63) is 113 Å². The van der Waals surface area contributed by atoms with E-state index in [0.717, 1.165) is 28.9 Å². The number of carbonyl (C=O) groups is 1. The van der Waals surface area contributed by atoms with E-state index in [1.54, 1.807) is 6.07 Å². The summed E-state index contributed by atoms with van der Waals surface area (Å²) in [4.78, 5) is 11.6. The zero-order chi connectivity index (χ0) is 23.7. The molecule has 180 valence electrons. The first-order valence-corrected chi connectivity index (χ1v) is 11.8. The Morgan fingerprint density at radius 1 is 1.00 bits per heavy atom. The highest BCUT2D eigenvalue weighted by atomic mass is 35.5. The monoisotopic (exact) mass is 487 g/mol. The molecule has 1 aliphatic heterocycles. The van der Waals surface area contributed by atoms with Crippen LogP contribution in [0.15, 0.2) is 84.9 Å². The van der Waals surface area contributed by atoms with Crippen molar-refractivity contribution >= 4 is 29.1 Å². The predicted molar refractivity (Wildman–Crippen MR) is 143 cm³/mol. The number of hydrogen-bond acceptors (Lipinski definition) is 3. The van der Waals surface area contributed by atoms with Gasteiger partial charge in [0.2, 0.25) is 0 Å². The summed E-state index contributed by atoms with van der Waals surface area (Å²) < 4.78 is 6.40. The van der Waals surface area contributed by atoms with E-state index in [-0.39, 0.29) is 30.5 Å². The number of halogens is 1. The molecule has 5 heteroatoms. The van der Waals surface area contributed by atoms with Gasteiger partial charge in [-0.1, -0.05) is 66.7 Å². The molecule has 1 heterocycles. The molecule has 5 rings (SSSR count). The van der Waals surface area contributed by atoms with Gasteiger partial charge in [-0.3, -0.25) is 0 Å². The zero-order valence-corrected chi connectivity index (χ0v) is 20.7. The highest BCUT2D eigenvalue weighted by Crippen LogP contribution is 2.41.